The van der Waals surface area contributed by atoms with E-state index in [1.807, 2.05) is 54.2 Å². The van der Waals surface area contributed by atoms with Crippen molar-refractivity contribution in [2.45, 2.75) is 4.90 Å². The fourth-order valence-corrected chi connectivity index (χ4v) is 6.20. The number of benzene rings is 2. The molecule has 3 aromatic rings. The van der Waals surface area contributed by atoms with Crippen LogP contribution in [0.25, 0.3) is 17.1 Å². The Balaban J connectivity index is 1.94. The fourth-order valence-electron chi connectivity index (χ4n) is 2.71. The Morgan fingerprint density at radius 2 is 1.88 bits per heavy atom. The molecule has 4 rings (SSSR count). The van der Waals surface area contributed by atoms with Gasteiger partial charge in [0.15, 0.2) is 5.82 Å². The second kappa shape index (κ2) is 5.99. The van der Waals surface area contributed by atoms with Crippen molar-refractivity contribution in [1.29, 1.82) is 0 Å². The lowest BCUT2D eigenvalue weighted by molar-refractivity contribution is 0.791. The zero-order valence-electron chi connectivity index (χ0n) is 12.9. The van der Waals surface area contributed by atoms with E-state index in [2.05, 4.69) is 54.2 Å². The van der Waals surface area contributed by atoms with Gasteiger partial charge in [-0.1, -0.05) is 24.3 Å². The quantitative estimate of drug-likeness (QED) is 0.655. The number of hydrogen-bond donors (Lipinski definition) is 0. The molecule has 0 saturated heterocycles. The lowest BCUT2D eigenvalue weighted by Crippen LogP contribution is -2.04. The van der Waals surface area contributed by atoms with E-state index in [1.165, 1.54) is 4.90 Å². The van der Waals surface area contributed by atoms with Crippen molar-refractivity contribution in [3.63, 3.8) is 0 Å². The van der Waals surface area contributed by atoms with E-state index in [1.54, 1.807) is 4.68 Å². The summed E-state index contributed by atoms with van der Waals surface area (Å²) < 4.78 is 2.81. The van der Waals surface area contributed by atoms with Gasteiger partial charge in [-0.3, -0.25) is 4.99 Å². The molecule has 0 aliphatic carbocycles. The van der Waals surface area contributed by atoms with Crippen LogP contribution in [0.3, 0.4) is 0 Å². The van der Waals surface area contributed by atoms with Crippen molar-refractivity contribution in [2.24, 2.45) is 4.99 Å². The Morgan fingerprint density at radius 3 is 2.62 bits per heavy atom. The van der Waals surface area contributed by atoms with Gasteiger partial charge in [-0.15, -0.1) is 5.10 Å². The number of rotatable bonds is 3. The van der Waals surface area contributed by atoms with E-state index in [9.17, 15) is 0 Å². The maximum Gasteiger partial charge on any atom is 0.188 e. The minimum absolute atomic E-state index is 0.722. The molecular weight excluding hydrogens is 386 g/mol. The van der Waals surface area contributed by atoms with Crippen LogP contribution in [-0.4, -0.2) is 32.0 Å². The molecule has 1 aliphatic heterocycles. The highest BCUT2D eigenvalue weighted by Crippen LogP contribution is 2.59. The summed E-state index contributed by atoms with van der Waals surface area (Å²) in [5.74, 6) is 0.722. The van der Waals surface area contributed by atoms with Gasteiger partial charge < -0.3 is 0 Å². The molecule has 0 fully saturated rings. The second-order valence-electron chi connectivity index (χ2n) is 5.45. The SMILES string of the molecule is CS1(c2c(Br)cccc2-c2nnnn2-c2ccccc2)C=CN=C1. The molecule has 120 valence electrons. The maximum absolute atomic E-state index is 4.31. The van der Waals surface area contributed by atoms with Crippen molar-refractivity contribution >= 4 is 31.5 Å². The minimum atomic E-state index is -1.30. The topological polar surface area (TPSA) is 56.0 Å². The summed E-state index contributed by atoms with van der Waals surface area (Å²) >= 11 is 3.71. The van der Waals surface area contributed by atoms with Crippen LogP contribution in [0.4, 0.5) is 0 Å². The molecule has 1 unspecified atom stereocenters. The average molecular weight is 400 g/mol. The van der Waals surface area contributed by atoms with Gasteiger partial charge in [0.1, 0.15) is 0 Å². The zero-order chi connectivity index (χ0) is 16.6. The third-order valence-corrected chi connectivity index (χ3v) is 7.32. The molecule has 0 N–H and O–H groups in total. The second-order valence-corrected chi connectivity index (χ2v) is 9.29. The third-order valence-electron chi connectivity index (χ3n) is 3.83. The maximum atomic E-state index is 4.31. The summed E-state index contributed by atoms with van der Waals surface area (Å²) in [6.45, 7) is 0. The van der Waals surface area contributed by atoms with E-state index in [-0.39, 0.29) is 0 Å². The number of aromatic nitrogens is 4. The molecule has 2 aromatic carbocycles. The number of nitrogens with zero attached hydrogens (tertiary/aromatic N) is 5. The predicted octanol–water partition coefficient (Wildman–Crippen LogP) is 4.40. The molecule has 24 heavy (non-hydrogen) atoms. The first-order valence-corrected chi connectivity index (χ1v) is 10.3. The van der Waals surface area contributed by atoms with Crippen molar-refractivity contribution in [1.82, 2.24) is 20.2 Å². The molecule has 0 bridgehead atoms. The van der Waals surface area contributed by atoms with E-state index in [4.69, 9.17) is 0 Å². The molecule has 5 nitrogen and oxygen atoms in total. The van der Waals surface area contributed by atoms with Crippen LogP contribution in [0.5, 0.6) is 0 Å². The average Bonchev–Trinajstić information content (AvgIpc) is 3.25. The Hall–Kier alpha value is -2.25. The highest BCUT2D eigenvalue weighted by atomic mass is 79.9. The largest absolute Gasteiger partial charge is 0.258 e. The molecule has 0 saturated carbocycles. The van der Waals surface area contributed by atoms with E-state index < -0.39 is 10.0 Å². The summed E-state index contributed by atoms with van der Waals surface area (Å²) in [5.41, 5.74) is 3.96. The molecule has 0 spiro atoms. The van der Waals surface area contributed by atoms with Crippen molar-refractivity contribution in [2.75, 3.05) is 6.26 Å². The van der Waals surface area contributed by atoms with Gasteiger partial charge in [-0.25, -0.2) is 0 Å². The normalized spacial score (nSPS) is 21.8. The lowest BCUT2D eigenvalue weighted by atomic mass is 10.2. The van der Waals surface area contributed by atoms with Crippen molar-refractivity contribution in [3.05, 3.63) is 64.6 Å². The van der Waals surface area contributed by atoms with Gasteiger partial charge in [0, 0.05) is 21.1 Å². The van der Waals surface area contributed by atoms with Gasteiger partial charge in [0.2, 0.25) is 0 Å². The number of halogens is 1. The van der Waals surface area contributed by atoms with Crippen LogP contribution in [0.1, 0.15) is 0 Å². The molecule has 0 radical (unpaired) electrons. The molecular formula is C17H14BrN5S. The Labute approximate surface area is 149 Å². The van der Waals surface area contributed by atoms with Crippen LogP contribution in [0.2, 0.25) is 0 Å². The number of para-hydroxylation sites is 1. The Bertz CT molecular complexity index is 937. The molecule has 2 heterocycles. The predicted molar refractivity (Wildman–Crippen MR) is 102 cm³/mol. The van der Waals surface area contributed by atoms with Crippen molar-refractivity contribution in [3.8, 4) is 17.1 Å². The van der Waals surface area contributed by atoms with Gasteiger partial charge in [0.25, 0.3) is 0 Å². The smallest absolute Gasteiger partial charge is 0.188 e. The molecule has 0 amide bonds. The summed E-state index contributed by atoms with van der Waals surface area (Å²) in [6.07, 6.45) is 4.07. The highest BCUT2D eigenvalue weighted by Gasteiger charge is 2.27. The molecule has 1 aliphatic rings. The van der Waals surface area contributed by atoms with Crippen molar-refractivity contribution < 1.29 is 0 Å². The van der Waals surface area contributed by atoms with Crippen LogP contribution in [0, 0.1) is 0 Å². The monoisotopic (exact) mass is 399 g/mol. The minimum Gasteiger partial charge on any atom is -0.258 e. The summed E-state index contributed by atoms with van der Waals surface area (Å²) in [7, 11) is -1.30. The number of aliphatic imine (C=N–C) groups is 1. The fraction of sp³-hybridized carbons (Fsp3) is 0.0588. The van der Waals surface area contributed by atoms with Gasteiger partial charge in [-0.2, -0.15) is 14.7 Å². The van der Waals surface area contributed by atoms with Gasteiger partial charge >= 0.3 is 0 Å². The Kier molecular flexibility index (Phi) is 3.82. The molecule has 1 aromatic heterocycles. The standard InChI is InChI=1S/C17H14BrN5S/c1-24(11-10-19-12-24)16-14(8-5-9-15(16)18)17-20-21-22-23(17)13-6-3-2-4-7-13/h2-12H,1H3. The summed E-state index contributed by atoms with van der Waals surface area (Å²) in [5, 5.41) is 14.5. The third kappa shape index (κ3) is 2.50. The lowest BCUT2D eigenvalue weighted by Gasteiger charge is -2.28. The van der Waals surface area contributed by atoms with E-state index >= 15 is 0 Å². The Morgan fingerprint density at radius 1 is 1.04 bits per heavy atom. The first-order valence-electron chi connectivity index (χ1n) is 7.30. The van der Waals surface area contributed by atoms with E-state index in [0.29, 0.717) is 0 Å². The first kappa shape index (κ1) is 15.3. The molecule has 7 heteroatoms. The van der Waals surface area contributed by atoms with Crippen LogP contribution in [-0.2, 0) is 0 Å². The van der Waals surface area contributed by atoms with Gasteiger partial charge in [-0.05, 0) is 62.3 Å². The molecule has 1 atom stereocenters. The summed E-state index contributed by atoms with van der Waals surface area (Å²) in [6, 6.07) is 16.0. The summed E-state index contributed by atoms with van der Waals surface area (Å²) in [4.78, 5) is 5.48. The number of tetrazole rings is 1. The zero-order valence-corrected chi connectivity index (χ0v) is 15.3. The van der Waals surface area contributed by atoms with Crippen LogP contribution in [0.15, 0.2) is 74.5 Å². The first-order chi connectivity index (χ1) is 11.7. The highest BCUT2D eigenvalue weighted by molar-refractivity contribution is 9.10. The van der Waals surface area contributed by atoms with Gasteiger partial charge in [0.05, 0.1) is 11.2 Å². The van der Waals surface area contributed by atoms with Crippen LogP contribution >= 0.6 is 26.0 Å². The van der Waals surface area contributed by atoms with E-state index in [0.717, 1.165) is 21.5 Å². The number of hydrogen-bond acceptors (Lipinski definition) is 4. The van der Waals surface area contributed by atoms with Crippen LogP contribution < -0.4 is 0 Å².